The molecule has 0 aliphatic heterocycles. The van der Waals surface area contributed by atoms with E-state index in [2.05, 4.69) is 15.6 Å². The van der Waals surface area contributed by atoms with Crippen molar-refractivity contribution in [2.45, 2.75) is 19.0 Å². The lowest BCUT2D eigenvalue weighted by Crippen LogP contribution is -2.45. The quantitative estimate of drug-likeness (QED) is 0.442. The van der Waals surface area contributed by atoms with E-state index >= 15 is 0 Å². The van der Waals surface area contributed by atoms with Crippen molar-refractivity contribution in [1.82, 2.24) is 20.5 Å². The molecule has 0 spiro atoms. The maximum Gasteiger partial charge on any atom is 0.334 e. The first kappa shape index (κ1) is 21.8. The van der Waals surface area contributed by atoms with Crippen molar-refractivity contribution in [2.75, 3.05) is 20.6 Å². The van der Waals surface area contributed by atoms with Gasteiger partial charge in [-0.2, -0.15) is 0 Å². The van der Waals surface area contributed by atoms with Crippen molar-refractivity contribution < 1.29 is 14.5 Å². The molecule has 2 aromatic rings. The molecule has 1 heterocycles. The van der Waals surface area contributed by atoms with Crippen molar-refractivity contribution in [3.8, 4) is 0 Å². The van der Waals surface area contributed by atoms with E-state index in [1.165, 1.54) is 0 Å². The maximum absolute atomic E-state index is 12.6. The van der Waals surface area contributed by atoms with Gasteiger partial charge in [-0.25, -0.2) is 0 Å². The molecule has 3 N–H and O–H groups in total. The molecule has 10 nitrogen and oxygen atoms in total. The van der Waals surface area contributed by atoms with E-state index in [0.717, 1.165) is 17.8 Å². The molecule has 154 valence electrons. The van der Waals surface area contributed by atoms with Crippen LogP contribution in [0.25, 0.3) is 0 Å². The monoisotopic (exact) mass is 401 g/mol. The minimum Gasteiger partial charge on any atom is -0.352 e. The van der Waals surface area contributed by atoms with Crippen LogP contribution in [-0.2, 0) is 4.79 Å². The molecule has 0 fully saturated rings. The molecule has 2 atom stereocenters. The Morgan fingerprint density at radius 2 is 1.90 bits per heavy atom. The SMILES string of the molecule is CC(CNC(=O)C(c1ccccc1)N(C)C)NC(=O)c1c[nH]c(=O)c([N+](=O)[O-])c1. The minimum atomic E-state index is -0.887. The van der Waals surface area contributed by atoms with Gasteiger partial charge in [0, 0.05) is 24.8 Å². The van der Waals surface area contributed by atoms with Gasteiger partial charge in [-0.1, -0.05) is 30.3 Å². The number of carbonyl (C=O) groups is 2. The van der Waals surface area contributed by atoms with Gasteiger partial charge in [-0.3, -0.25) is 29.4 Å². The zero-order chi connectivity index (χ0) is 21.6. The van der Waals surface area contributed by atoms with Crippen LogP contribution in [0.5, 0.6) is 0 Å². The molecule has 0 radical (unpaired) electrons. The maximum atomic E-state index is 12.6. The lowest BCUT2D eigenvalue weighted by atomic mass is 10.1. The van der Waals surface area contributed by atoms with Crippen LogP contribution in [0, 0.1) is 10.1 Å². The van der Waals surface area contributed by atoms with Gasteiger partial charge in [0.1, 0.15) is 6.04 Å². The number of aromatic amines is 1. The van der Waals surface area contributed by atoms with E-state index in [9.17, 15) is 24.5 Å². The highest BCUT2D eigenvalue weighted by Crippen LogP contribution is 2.17. The van der Waals surface area contributed by atoms with Gasteiger partial charge >= 0.3 is 11.2 Å². The number of likely N-dealkylation sites (N-methyl/N-ethyl adjacent to an activating group) is 1. The summed E-state index contributed by atoms with van der Waals surface area (Å²) in [7, 11) is 3.59. The third-order valence-electron chi connectivity index (χ3n) is 4.18. The topological polar surface area (TPSA) is 137 Å². The van der Waals surface area contributed by atoms with E-state index < -0.39 is 34.2 Å². The molecule has 1 aromatic carbocycles. The van der Waals surface area contributed by atoms with Crippen LogP contribution < -0.4 is 16.2 Å². The summed E-state index contributed by atoms with van der Waals surface area (Å²) in [5.41, 5.74) is -0.810. The molecule has 2 rings (SSSR count). The number of aromatic nitrogens is 1. The number of nitrogens with one attached hydrogen (secondary N) is 3. The summed E-state index contributed by atoms with van der Waals surface area (Å²) in [5, 5.41) is 16.3. The van der Waals surface area contributed by atoms with E-state index in [1.54, 1.807) is 25.9 Å². The summed E-state index contributed by atoms with van der Waals surface area (Å²) in [6.07, 6.45) is 1.10. The summed E-state index contributed by atoms with van der Waals surface area (Å²) in [4.78, 5) is 50.2. The molecule has 0 saturated heterocycles. The molecular weight excluding hydrogens is 378 g/mol. The predicted molar refractivity (Wildman–Crippen MR) is 107 cm³/mol. The van der Waals surface area contributed by atoms with Gasteiger partial charge < -0.3 is 15.6 Å². The van der Waals surface area contributed by atoms with Gasteiger partial charge in [0.25, 0.3) is 5.91 Å². The minimum absolute atomic E-state index is 0.0510. The molecular formula is C19H23N5O5. The second-order valence-corrected chi connectivity index (χ2v) is 6.76. The first-order valence-electron chi connectivity index (χ1n) is 8.87. The van der Waals surface area contributed by atoms with Gasteiger partial charge in [-0.05, 0) is 26.6 Å². The highest BCUT2D eigenvalue weighted by Gasteiger charge is 2.23. The number of rotatable bonds is 8. The number of carbonyl (C=O) groups excluding carboxylic acids is 2. The highest BCUT2D eigenvalue weighted by atomic mass is 16.6. The van der Waals surface area contributed by atoms with E-state index in [4.69, 9.17) is 0 Å². The fourth-order valence-corrected chi connectivity index (χ4v) is 2.77. The van der Waals surface area contributed by atoms with Crippen LogP contribution in [0.15, 0.2) is 47.4 Å². The molecule has 0 aliphatic rings. The van der Waals surface area contributed by atoms with E-state index in [0.29, 0.717) is 0 Å². The van der Waals surface area contributed by atoms with Crippen LogP contribution in [0.2, 0.25) is 0 Å². The number of pyridine rings is 1. The Bertz CT molecular complexity index is 942. The molecule has 0 saturated carbocycles. The number of hydrogen-bond donors (Lipinski definition) is 3. The van der Waals surface area contributed by atoms with Crippen molar-refractivity contribution >= 4 is 17.5 Å². The van der Waals surface area contributed by atoms with Gasteiger partial charge in [0.05, 0.1) is 10.5 Å². The fraction of sp³-hybridized carbons (Fsp3) is 0.316. The van der Waals surface area contributed by atoms with Crippen LogP contribution >= 0.6 is 0 Å². The Labute approximate surface area is 167 Å². The average Bonchev–Trinajstić information content (AvgIpc) is 2.67. The Balaban J connectivity index is 1.98. The second-order valence-electron chi connectivity index (χ2n) is 6.76. The molecule has 2 unspecified atom stereocenters. The lowest BCUT2D eigenvalue weighted by Gasteiger charge is -2.25. The standard InChI is InChI=1S/C19H23N5O5/c1-12(22-17(25)14-9-15(24(28)29)18(26)21-11-14)10-20-19(27)16(23(2)3)13-7-5-4-6-8-13/h4-9,11-12,16H,10H2,1-3H3,(H,20,27)(H,21,26)(H,22,25). The largest absolute Gasteiger partial charge is 0.352 e. The normalized spacial score (nSPS) is 12.8. The second kappa shape index (κ2) is 9.60. The first-order chi connectivity index (χ1) is 13.7. The summed E-state index contributed by atoms with van der Waals surface area (Å²) in [6, 6.07) is 9.27. The molecule has 29 heavy (non-hydrogen) atoms. The van der Waals surface area contributed by atoms with Crippen molar-refractivity contribution in [3.63, 3.8) is 0 Å². The zero-order valence-electron chi connectivity index (χ0n) is 16.3. The Hall–Kier alpha value is -3.53. The number of nitrogens with zero attached hydrogens (tertiary/aromatic N) is 2. The average molecular weight is 401 g/mol. The summed E-state index contributed by atoms with van der Waals surface area (Å²) in [6.45, 7) is 1.85. The van der Waals surface area contributed by atoms with Crippen LogP contribution in [0.4, 0.5) is 5.69 Å². The lowest BCUT2D eigenvalue weighted by molar-refractivity contribution is -0.386. The van der Waals surface area contributed by atoms with Crippen LogP contribution in [0.3, 0.4) is 0 Å². The number of hydrogen-bond acceptors (Lipinski definition) is 6. The van der Waals surface area contributed by atoms with E-state index in [1.807, 2.05) is 30.3 Å². The third kappa shape index (κ3) is 5.72. The summed E-state index contributed by atoms with van der Waals surface area (Å²) >= 11 is 0. The Kier molecular flexibility index (Phi) is 7.21. The highest BCUT2D eigenvalue weighted by molar-refractivity contribution is 5.94. The van der Waals surface area contributed by atoms with Crippen LogP contribution in [-0.4, -0.2) is 53.3 Å². The fourth-order valence-electron chi connectivity index (χ4n) is 2.77. The summed E-state index contributed by atoms with van der Waals surface area (Å²) in [5.74, 6) is -0.819. The van der Waals surface area contributed by atoms with Crippen molar-refractivity contribution in [1.29, 1.82) is 0 Å². The zero-order valence-corrected chi connectivity index (χ0v) is 16.3. The number of nitro groups is 1. The Morgan fingerprint density at radius 3 is 2.48 bits per heavy atom. The molecule has 10 heteroatoms. The molecule has 0 aliphatic carbocycles. The number of amides is 2. The number of benzene rings is 1. The third-order valence-corrected chi connectivity index (χ3v) is 4.18. The van der Waals surface area contributed by atoms with Gasteiger partial charge in [0.2, 0.25) is 5.91 Å². The van der Waals surface area contributed by atoms with Crippen LogP contribution in [0.1, 0.15) is 28.9 Å². The predicted octanol–water partition coefficient (Wildman–Crippen LogP) is 0.821. The van der Waals surface area contributed by atoms with Gasteiger partial charge in [-0.15, -0.1) is 0 Å². The molecule has 1 aromatic heterocycles. The van der Waals surface area contributed by atoms with E-state index in [-0.39, 0.29) is 18.0 Å². The first-order valence-corrected chi connectivity index (χ1v) is 8.87. The summed E-state index contributed by atoms with van der Waals surface area (Å²) < 4.78 is 0. The van der Waals surface area contributed by atoms with Gasteiger partial charge in [0.15, 0.2) is 0 Å². The van der Waals surface area contributed by atoms with Crippen molar-refractivity contribution in [2.24, 2.45) is 0 Å². The Morgan fingerprint density at radius 1 is 1.24 bits per heavy atom. The molecule has 2 amide bonds. The number of H-pyrrole nitrogens is 1. The molecule has 0 bridgehead atoms. The smallest absolute Gasteiger partial charge is 0.334 e. The van der Waals surface area contributed by atoms with Crippen molar-refractivity contribution in [3.05, 3.63) is 74.2 Å².